The third kappa shape index (κ3) is 4.92. The molecular weight excluding hydrogens is 308 g/mol. The van der Waals surface area contributed by atoms with Crippen molar-refractivity contribution in [2.75, 3.05) is 31.1 Å². The first-order valence-corrected chi connectivity index (χ1v) is 11.6. The van der Waals surface area contributed by atoms with E-state index in [0.717, 1.165) is 19.0 Å². The third-order valence-corrected chi connectivity index (χ3v) is 5.71. The van der Waals surface area contributed by atoms with E-state index in [1.54, 1.807) is 4.90 Å². The van der Waals surface area contributed by atoms with E-state index in [-0.39, 0.29) is 6.09 Å². The summed E-state index contributed by atoms with van der Waals surface area (Å²) in [6, 6.07) is 0. The highest BCUT2D eigenvalue weighted by atomic mass is 28.3. The maximum atomic E-state index is 12.1. The first kappa shape index (κ1) is 17.7. The molecule has 1 aromatic rings. The van der Waals surface area contributed by atoms with Gasteiger partial charge in [-0.1, -0.05) is 19.6 Å². The fourth-order valence-corrected chi connectivity index (χ4v) is 3.19. The molecular formula is C16H28N4O2Si. The van der Waals surface area contributed by atoms with Crippen LogP contribution in [0.2, 0.25) is 19.6 Å². The minimum absolute atomic E-state index is 0.243. The van der Waals surface area contributed by atoms with E-state index in [1.807, 2.05) is 33.2 Å². The van der Waals surface area contributed by atoms with Gasteiger partial charge >= 0.3 is 6.09 Å². The largest absolute Gasteiger partial charge is 0.444 e. The Morgan fingerprint density at radius 3 is 2.04 bits per heavy atom. The van der Waals surface area contributed by atoms with Crippen molar-refractivity contribution in [2.24, 2.45) is 0 Å². The molecule has 128 valence electrons. The smallest absolute Gasteiger partial charge is 0.410 e. The van der Waals surface area contributed by atoms with Crippen molar-refractivity contribution in [1.82, 2.24) is 14.9 Å². The molecule has 0 aromatic carbocycles. The van der Waals surface area contributed by atoms with Crippen LogP contribution in [-0.2, 0) is 4.74 Å². The van der Waals surface area contributed by atoms with Crippen molar-refractivity contribution in [2.45, 2.75) is 46.0 Å². The van der Waals surface area contributed by atoms with E-state index in [4.69, 9.17) is 4.74 Å². The van der Waals surface area contributed by atoms with Crippen LogP contribution in [0.15, 0.2) is 12.4 Å². The number of rotatable bonds is 2. The van der Waals surface area contributed by atoms with Crippen LogP contribution in [-0.4, -0.2) is 60.8 Å². The number of ether oxygens (including phenoxy) is 1. The van der Waals surface area contributed by atoms with Crippen molar-refractivity contribution >= 4 is 25.3 Å². The van der Waals surface area contributed by atoms with Crippen LogP contribution < -0.4 is 10.1 Å². The minimum atomic E-state index is -1.37. The number of carbonyl (C=O) groups is 1. The highest BCUT2D eigenvalue weighted by Crippen LogP contribution is 2.14. The van der Waals surface area contributed by atoms with Gasteiger partial charge in [-0.3, -0.25) is 0 Å². The Hall–Kier alpha value is -1.63. The van der Waals surface area contributed by atoms with Crippen LogP contribution in [0.25, 0.3) is 0 Å². The topological polar surface area (TPSA) is 58.6 Å². The Kier molecular flexibility index (Phi) is 4.98. The quantitative estimate of drug-likeness (QED) is 0.774. The second-order valence-electron chi connectivity index (χ2n) is 7.98. The Balaban J connectivity index is 1.93. The number of anilines is 1. The molecule has 1 saturated heterocycles. The van der Waals surface area contributed by atoms with Crippen LogP contribution in [0.4, 0.5) is 10.7 Å². The number of hydrogen-bond acceptors (Lipinski definition) is 5. The molecule has 6 nitrogen and oxygen atoms in total. The van der Waals surface area contributed by atoms with Gasteiger partial charge < -0.3 is 14.5 Å². The molecule has 2 rings (SSSR count). The lowest BCUT2D eigenvalue weighted by Crippen LogP contribution is -2.50. The zero-order valence-corrected chi connectivity index (χ0v) is 16.1. The highest BCUT2D eigenvalue weighted by Gasteiger charge is 2.27. The standard InChI is InChI=1S/C16H28N4O2Si/c1-16(2,3)22-15(21)20-9-7-19(8-10-20)14-17-11-13(12-18-14)23(4,5)6/h11-12H,7-10H2,1-6H3. The van der Waals surface area contributed by atoms with E-state index < -0.39 is 13.7 Å². The zero-order valence-electron chi connectivity index (χ0n) is 15.1. The Morgan fingerprint density at radius 2 is 1.61 bits per heavy atom. The van der Waals surface area contributed by atoms with Gasteiger partial charge in [-0.15, -0.1) is 0 Å². The van der Waals surface area contributed by atoms with E-state index in [0.29, 0.717) is 13.1 Å². The summed E-state index contributed by atoms with van der Waals surface area (Å²) in [7, 11) is -1.37. The maximum absolute atomic E-state index is 12.1. The van der Waals surface area contributed by atoms with Crippen LogP contribution in [0.5, 0.6) is 0 Å². The molecule has 0 atom stereocenters. The molecule has 23 heavy (non-hydrogen) atoms. The molecule has 2 heterocycles. The number of carbonyl (C=O) groups excluding carboxylic acids is 1. The molecule has 1 aliphatic rings. The predicted molar refractivity (Wildman–Crippen MR) is 95.0 cm³/mol. The maximum Gasteiger partial charge on any atom is 0.410 e. The van der Waals surface area contributed by atoms with Gasteiger partial charge in [-0.25, -0.2) is 14.8 Å². The molecule has 1 aliphatic heterocycles. The van der Waals surface area contributed by atoms with Gasteiger partial charge in [0.15, 0.2) is 0 Å². The van der Waals surface area contributed by atoms with Crippen molar-refractivity contribution < 1.29 is 9.53 Å². The first-order valence-electron chi connectivity index (χ1n) is 8.12. The number of hydrogen-bond donors (Lipinski definition) is 0. The number of nitrogens with zero attached hydrogens (tertiary/aromatic N) is 4. The highest BCUT2D eigenvalue weighted by molar-refractivity contribution is 6.88. The van der Waals surface area contributed by atoms with Gasteiger partial charge in [0, 0.05) is 38.6 Å². The molecule has 0 N–H and O–H groups in total. The zero-order chi connectivity index (χ0) is 17.3. The molecule has 0 unspecified atom stereocenters. The fourth-order valence-electron chi connectivity index (χ4n) is 2.29. The number of amides is 1. The number of piperazine rings is 1. The van der Waals surface area contributed by atoms with Gasteiger partial charge in [0.2, 0.25) is 5.95 Å². The predicted octanol–water partition coefficient (Wildman–Crippen LogP) is 2.08. The van der Waals surface area contributed by atoms with Gasteiger partial charge in [0.25, 0.3) is 0 Å². The summed E-state index contributed by atoms with van der Waals surface area (Å²) in [6.45, 7) is 15.2. The van der Waals surface area contributed by atoms with E-state index in [1.165, 1.54) is 5.19 Å². The lowest BCUT2D eigenvalue weighted by atomic mass is 10.2. The Bertz CT molecular complexity index is 541. The monoisotopic (exact) mass is 336 g/mol. The van der Waals surface area contributed by atoms with Crippen molar-refractivity contribution in [3.63, 3.8) is 0 Å². The summed E-state index contributed by atoms with van der Waals surface area (Å²) in [5.41, 5.74) is -0.454. The second-order valence-corrected chi connectivity index (χ2v) is 13.1. The molecule has 7 heteroatoms. The van der Waals surface area contributed by atoms with Crippen LogP contribution >= 0.6 is 0 Å². The summed E-state index contributed by atoms with van der Waals surface area (Å²) in [5.74, 6) is 0.746. The molecule has 0 aliphatic carbocycles. The van der Waals surface area contributed by atoms with Crippen LogP contribution in [0.1, 0.15) is 20.8 Å². The molecule has 0 radical (unpaired) electrons. The second kappa shape index (κ2) is 6.47. The fraction of sp³-hybridized carbons (Fsp3) is 0.688. The van der Waals surface area contributed by atoms with Crippen LogP contribution in [0, 0.1) is 0 Å². The molecule has 0 saturated carbocycles. The third-order valence-electron chi connectivity index (χ3n) is 3.72. The minimum Gasteiger partial charge on any atom is -0.444 e. The van der Waals surface area contributed by atoms with Gasteiger partial charge in [-0.05, 0) is 26.0 Å². The summed E-state index contributed by atoms with van der Waals surface area (Å²) in [6.07, 6.45) is 3.66. The molecule has 1 aromatic heterocycles. The average Bonchev–Trinajstić information content (AvgIpc) is 2.45. The van der Waals surface area contributed by atoms with Crippen molar-refractivity contribution in [1.29, 1.82) is 0 Å². The summed E-state index contributed by atoms with van der Waals surface area (Å²) < 4.78 is 5.41. The SMILES string of the molecule is CC(C)(C)OC(=O)N1CCN(c2ncc([Si](C)(C)C)cn2)CC1. The molecule has 1 fully saturated rings. The number of aromatic nitrogens is 2. The lowest BCUT2D eigenvalue weighted by molar-refractivity contribution is 0.0240. The van der Waals surface area contributed by atoms with Crippen molar-refractivity contribution in [3.05, 3.63) is 12.4 Å². The Morgan fingerprint density at radius 1 is 1.09 bits per heavy atom. The van der Waals surface area contributed by atoms with E-state index >= 15 is 0 Å². The van der Waals surface area contributed by atoms with Gasteiger partial charge in [0.05, 0.1) is 8.07 Å². The molecule has 0 bridgehead atoms. The van der Waals surface area contributed by atoms with Gasteiger partial charge in [-0.2, -0.15) is 0 Å². The van der Waals surface area contributed by atoms with Crippen LogP contribution in [0.3, 0.4) is 0 Å². The van der Waals surface area contributed by atoms with E-state index in [2.05, 4.69) is 34.5 Å². The first-order chi connectivity index (χ1) is 10.6. The molecule has 1 amide bonds. The van der Waals surface area contributed by atoms with Gasteiger partial charge in [0.1, 0.15) is 5.60 Å². The van der Waals surface area contributed by atoms with Crippen molar-refractivity contribution in [3.8, 4) is 0 Å². The normalized spacial score (nSPS) is 16.4. The average molecular weight is 337 g/mol. The summed E-state index contributed by atoms with van der Waals surface area (Å²) in [5, 5.41) is 1.26. The summed E-state index contributed by atoms with van der Waals surface area (Å²) >= 11 is 0. The van der Waals surface area contributed by atoms with E-state index in [9.17, 15) is 4.79 Å². The lowest BCUT2D eigenvalue weighted by Gasteiger charge is -2.35. The summed E-state index contributed by atoms with van der Waals surface area (Å²) in [4.78, 5) is 25.0. The Labute approximate surface area is 139 Å². The molecule has 0 spiro atoms.